The Morgan fingerprint density at radius 1 is 0.855 bits per heavy atom. The zero-order valence-corrected chi connectivity index (χ0v) is 38.0. The molecule has 14 nitrogen and oxygen atoms in total. The minimum atomic E-state index is -2.44. The highest BCUT2D eigenvalue weighted by atomic mass is 16.6. The van der Waals surface area contributed by atoms with E-state index < -0.39 is 102 Å². The molecule has 348 valence electrons. The number of hydrogen-bond donors (Lipinski definition) is 5. The summed E-state index contributed by atoms with van der Waals surface area (Å²) in [5, 5.41) is 54.3. The van der Waals surface area contributed by atoms with Crippen LogP contribution in [0.2, 0.25) is 0 Å². The predicted octanol–water partition coefficient (Wildman–Crippen LogP) is 4.48. The molecule has 0 aromatic carbocycles. The fourth-order valence-corrected chi connectivity index (χ4v) is 9.49. The lowest BCUT2D eigenvalue weighted by Gasteiger charge is -2.41. The third-order valence-electron chi connectivity index (χ3n) is 13.7. The van der Waals surface area contributed by atoms with Gasteiger partial charge in [-0.05, 0) is 101 Å². The van der Waals surface area contributed by atoms with Gasteiger partial charge in [-0.2, -0.15) is 0 Å². The smallest absolute Gasteiger partial charge is 0.329 e. The summed E-state index contributed by atoms with van der Waals surface area (Å²) in [5.41, 5.74) is 1.08. The zero-order valence-electron chi connectivity index (χ0n) is 38.0. The molecule has 3 fully saturated rings. The maximum atomic E-state index is 14.1. The second-order valence-corrected chi connectivity index (χ2v) is 18.8. The molecule has 0 aromatic heterocycles. The largest absolute Gasteiger partial charge is 0.460 e. The number of hydrogen-bond acceptors (Lipinski definition) is 13. The molecule has 0 spiro atoms. The van der Waals surface area contributed by atoms with Crippen molar-refractivity contribution in [2.24, 2.45) is 35.5 Å². The SMILES string of the molecule is CO[C@H]1C[C@@H]2CC[C@@H](C)[C@@](O)(O2)C(=O)C(=O)N2CCC[C@H]2C(=O)O[C@H]([C@H](C)CC2CC[C@H](O)[C@@H](O)C2)CC(=O)[C@H](C)/C=C(/C)[C@@H](O)[C@@H](O)C(=O)[C@H](C)C[C@H](C)\C=C/C=C/C=C/1C. The van der Waals surface area contributed by atoms with Crippen molar-refractivity contribution in [3.05, 3.63) is 47.6 Å². The van der Waals surface area contributed by atoms with Crippen molar-refractivity contribution in [3.8, 4) is 0 Å². The molecule has 1 aliphatic carbocycles. The summed E-state index contributed by atoms with van der Waals surface area (Å²) < 4.78 is 18.0. The Bertz CT molecular complexity index is 1700. The first-order valence-electron chi connectivity index (χ1n) is 22.7. The van der Waals surface area contributed by atoms with Crippen molar-refractivity contribution in [2.75, 3.05) is 13.7 Å². The van der Waals surface area contributed by atoms with Gasteiger partial charge in [0.1, 0.15) is 30.1 Å². The minimum absolute atomic E-state index is 0.0258. The van der Waals surface area contributed by atoms with E-state index in [1.54, 1.807) is 27.9 Å². The van der Waals surface area contributed by atoms with E-state index in [4.69, 9.17) is 14.2 Å². The lowest BCUT2D eigenvalue weighted by molar-refractivity contribution is -0.265. The van der Waals surface area contributed by atoms with Crippen LogP contribution in [0.4, 0.5) is 0 Å². The molecule has 1 saturated carbocycles. The maximum absolute atomic E-state index is 14.1. The van der Waals surface area contributed by atoms with E-state index in [9.17, 15) is 49.5 Å². The maximum Gasteiger partial charge on any atom is 0.329 e. The first-order valence-corrected chi connectivity index (χ1v) is 22.7. The van der Waals surface area contributed by atoms with Gasteiger partial charge in [0.2, 0.25) is 5.79 Å². The number of allylic oxidation sites excluding steroid dienone is 6. The summed E-state index contributed by atoms with van der Waals surface area (Å²) in [6.45, 7) is 12.2. The molecule has 15 atom stereocenters. The van der Waals surface area contributed by atoms with Crippen LogP contribution in [0.25, 0.3) is 0 Å². The van der Waals surface area contributed by atoms with E-state index >= 15 is 0 Å². The van der Waals surface area contributed by atoms with Crippen LogP contribution < -0.4 is 0 Å². The lowest BCUT2D eigenvalue weighted by Crippen LogP contribution is -2.59. The Morgan fingerprint density at radius 3 is 2.24 bits per heavy atom. The molecule has 14 heteroatoms. The van der Waals surface area contributed by atoms with Crippen LogP contribution in [-0.2, 0) is 38.2 Å². The van der Waals surface area contributed by atoms with Crippen molar-refractivity contribution < 1.29 is 63.7 Å². The Hall–Kier alpha value is -3.37. The van der Waals surface area contributed by atoms with Crippen molar-refractivity contribution in [1.29, 1.82) is 0 Å². The average molecular weight is 872 g/mol. The van der Waals surface area contributed by atoms with Crippen molar-refractivity contribution in [2.45, 2.75) is 174 Å². The van der Waals surface area contributed by atoms with Gasteiger partial charge in [0.25, 0.3) is 11.7 Å². The number of Topliss-reactive ketones (excluding diaryl/α,β-unsaturated/α-hetero) is 3. The molecule has 0 aromatic rings. The van der Waals surface area contributed by atoms with Gasteiger partial charge in [0.05, 0.1) is 24.4 Å². The van der Waals surface area contributed by atoms with Crippen molar-refractivity contribution in [1.82, 2.24) is 4.90 Å². The van der Waals surface area contributed by atoms with Gasteiger partial charge in [-0.15, -0.1) is 0 Å². The number of fused-ring (bicyclic) bond motifs is 3. The number of rotatable bonds is 4. The Kier molecular flexibility index (Phi) is 19.0. The van der Waals surface area contributed by atoms with Crippen LogP contribution in [0, 0.1) is 35.5 Å². The summed E-state index contributed by atoms with van der Waals surface area (Å²) in [5.74, 6) is -8.92. The fourth-order valence-electron chi connectivity index (χ4n) is 9.49. The molecule has 4 aliphatic rings. The summed E-state index contributed by atoms with van der Waals surface area (Å²) in [4.78, 5) is 70.4. The molecular weight excluding hydrogens is 799 g/mol. The van der Waals surface area contributed by atoms with Crippen molar-refractivity contribution >= 4 is 29.2 Å². The van der Waals surface area contributed by atoms with Gasteiger partial charge < -0.3 is 44.6 Å². The summed E-state index contributed by atoms with van der Waals surface area (Å²) in [7, 11) is 1.56. The standard InChI is InChI=1S/C48H73NO13/c1-27-13-10-9-11-14-28(2)40(60-8)25-35-18-16-33(7)48(59,62-35)45(56)46(57)49-20-12-15-36(49)47(58)61-41(30(4)23-34-17-19-37(50)39(52)24-34)26-38(51)29(3)22-32(6)43(54)44(55)42(53)31(5)21-27/h9-11,13-14,22,27,29-31,33-37,39-41,43-44,50,52,54-55,59H,12,15-21,23-26H2,1-8H3/b11-9+,13-10-,28-14+,32-22-/t27-,29-,30-,31-,33-,34?,35+,36+,37+,39+,40+,41+,43-,44+,48-/m1/s1. The van der Waals surface area contributed by atoms with Crippen LogP contribution in [0.15, 0.2) is 47.6 Å². The normalized spacial score (nSPS) is 41.6. The van der Waals surface area contributed by atoms with E-state index in [0.29, 0.717) is 57.8 Å². The molecule has 2 saturated heterocycles. The summed E-state index contributed by atoms with van der Waals surface area (Å²) in [6.07, 6.45) is 7.58. The monoisotopic (exact) mass is 872 g/mol. The number of aliphatic hydroxyl groups excluding tert-OH is 4. The van der Waals surface area contributed by atoms with Crippen LogP contribution >= 0.6 is 0 Å². The first kappa shape index (κ1) is 51.3. The minimum Gasteiger partial charge on any atom is -0.460 e. The van der Waals surface area contributed by atoms with E-state index in [0.717, 1.165) is 10.5 Å². The number of esters is 1. The van der Waals surface area contributed by atoms with E-state index in [2.05, 4.69) is 0 Å². The molecule has 1 unspecified atom stereocenters. The second kappa shape index (κ2) is 23.0. The van der Waals surface area contributed by atoms with Gasteiger partial charge in [-0.3, -0.25) is 19.2 Å². The second-order valence-electron chi connectivity index (χ2n) is 18.8. The summed E-state index contributed by atoms with van der Waals surface area (Å²) in [6, 6.07) is -1.16. The van der Waals surface area contributed by atoms with Gasteiger partial charge in [-0.1, -0.05) is 71.1 Å². The Labute approximate surface area is 367 Å². The van der Waals surface area contributed by atoms with Gasteiger partial charge in [0.15, 0.2) is 5.78 Å². The highest BCUT2D eigenvalue weighted by molar-refractivity contribution is 6.39. The Morgan fingerprint density at radius 2 is 1.56 bits per heavy atom. The number of cyclic esters (lactones) is 1. The lowest BCUT2D eigenvalue weighted by atomic mass is 9.78. The quantitative estimate of drug-likeness (QED) is 0.150. The number of carbonyl (C=O) groups excluding carboxylic acids is 5. The number of methoxy groups -OCH3 is 1. The van der Waals surface area contributed by atoms with Gasteiger partial charge in [-0.25, -0.2) is 4.79 Å². The third-order valence-corrected chi connectivity index (χ3v) is 13.7. The molecule has 62 heavy (non-hydrogen) atoms. The molecule has 3 aliphatic heterocycles. The molecule has 0 radical (unpaired) electrons. The Balaban J connectivity index is 1.66. The van der Waals surface area contributed by atoms with E-state index in [1.807, 2.05) is 51.2 Å². The van der Waals surface area contributed by atoms with Crippen molar-refractivity contribution in [3.63, 3.8) is 0 Å². The predicted molar refractivity (Wildman–Crippen MR) is 231 cm³/mol. The number of carbonyl (C=O) groups is 5. The van der Waals surface area contributed by atoms with E-state index in [-0.39, 0.29) is 42.6 Å². The van der Waals surface area contributed by atoms with Gasteiger partial charge >= 0.3 is 5.97 Å². The number of amides is 1. The topological polar surface area (TPSA) is 217 Å². The van der Waals surface area contributed by atoms with Crippen LogP contribution in [0.1, 0.15) is 119 Å². The number of ether oxygens (including phenoxy) is 3. The molecule has 5 N–H and O–H groups in total. The number of aliphatic hydroxyl groups is 5. The molecule has 3 heterocycles. The fraction of sp³-hybridized carbons (Fsp3) is 0.729. The van der Waals surface area contributed by atoms with Gasteiger partial charge in [0, 0.05) is 44.2 Å². The van der Waals surface area contributed by atoms with Crippen LogP contribution in [0.3, 0.4) is 0 Å². The molecule has 2 bridgehead atoms. The third kappa shape index (κ3) is 13.1. The van der Waals surface area contributed by atoms with E-state index in [1.165, 1.54) is 13.0 Å². The van der Waals surface area contributed by atoms with Crippen LogP contribution in [-0.4, -0.2) is 128 Å². The summed E-state index contributed by atoms with van der Waals surface area (Å²) >= 11 is 0. The molecular formula is C48H73NO13. The molecule has 1 amide bonds. The first-order chi connectivity index (χ1) is 29.2. The average Bonchev–Trinajstić information content (AvgIpc) is 3.73. The molecule has 4 rings (SSSR count). The number of nitrogens with zero attached hydrogens (tertiary/aromatic N) is 1. The highest BCUT2D eigenvalue weighted by Gasteiger charge is 2.53. The number of ketones is 3. The van der Waals surface area contributed by atoms with Crippen LogP contribution in [0.5, 0.6) is 0 Å². The zero-order chi connectivity index (χ0) is 46.1. The highest BCUT2D eigenvalue weighted by Crippen LogP contribution is 2.37.